The van der Waals surface area contributed by atoms with Gasteiger partial charge < -0.3 is 25.2 Å². The van der Waals surface area contributed by atoms with E-state index in [4.69, 9.17) is 36.1 Å². The first-order valence-corrected chi connectivity index (χ1v) is 12.4. The van der Waals surface area contributed by atoms with E-state index in [0.717, 1.165) is 35.6 Å². The molecule has 0 saturated carbocycles. The monoisotopic (exact) mass is 524 g/mol. The van der Waals surface area contributed by atoms with Gasteiger partial charge in [-0.05, 0) is 57.5 Å². The number of halogens is 1. The average Bonchev–Trinajstić information content (AvgIpc) is 3.15. The second-order valence-electron chi connectivity index (χ2n) is 7.78. The lowest BCUT2D eigenvalue weighted by Crippen LogP contribution is -2.32. The van der Waals surface area contributed by atoms with Crippen LogP contribution in [0.3, 0.4) is 0 Å². The number of carbonyl (C=O) groups is 4. The average molecular weight is 525 g/mol. The molecule has 1 saturated heterocycles. The second-order valence-corrected chi connectivity index (χ2v) is 9.44. The van der Waals surface area contributed by atoms with Gasteiger partial charge in [0.05, 0.1) is 6.61 Å². The molecule has 0 bridgehead atoms. The maximum absolute atomic E-state index is 12.7. The lowest BCUT2D eigenvalue weighted by molar-refractivity contribution is -0.159. The van der Waals surface area contributed by atoms with Gasteiger partial charge >= 0.3 is 17.9 Å². The number of rotatable bonds is 7. The number of likely N-dealkylation sites (tertiary alicyclic amines) is 1. The first-order valence-electron chi connectivity index (χ1n) is 11.2. The summed E-state index contributed by atoms with van der Waals surface area (Å²) in [5, 5.41) is 18.9. The topological polar surface area (TPSA) is 133 Å². The normalized spacial score (nSPS) is 13.3. The third kappa shape index (κ3) is 8.65. The van der Waals surface area contributed by atoms with E-state index in [2.05, 4.69) is 10.2 Å². The molecule has 3 rings (SSSR count). The molecule has 9 nitrogen and oxygen atoms in total. The minimum Gasteiger partial charge on any atom is -0.473 e. The summed E-state index contributed by atoms with van der Waals surface area (Å²) >= 11 is 7.42. The molecular formula is C24H29ClN2O7S. The number of amides is 1. The van der Waals surface area contributed by atoms with Crippen molar-refractivity contribution in [3.05, 3.63) is 39.7 Å². The van der Waals surface area contributed by atoms with E-state index in [1.54, 1.807) is 19.1 Å². The predicted molar refractivity (Wildman–Crippen MR) is 134 cm³/mol. The lowest BCUT2D eigenvalue weighted by atomic mass is 10.0. The van der Waals surface area contributed by atoms with E-state index in [1.807, 2.05) is 19.1 Å². The van der Waals surface area contributed by atoms with Gasteiger partial charge in [-0.2, -0.15) is 0 Å². The van der Waals surface area contributed by atoms with Gasteiger partial charge in [0.25, 0.3) is 0 Å². The van der Waals surface area contributed by atoms with Crippen molar-refractivity contribution in [3.63, 3.8) is 0 Å². The van der Waals surface area contributed by atoms with Gasteiger partial charge in [-0.1, -0.05) is 30.2 Å². The van der Waals surface area contributed by atoms with E-state index in [-0.39, 0.29) is 12.5 Å². The summed E-state index contributed by atoms with van der Waals surface area (Å²) in [6.45, 7) is 6.85. The van der Waals surface area contributed by atoms with Gasteiger partial charge in [0, 0.05) is 28.4 Å². The van der Waals surface area contributed by atoms with Gasteiger partial charge in [-0.25, -0.2) is 14.4 Å². The van der Waals surface area contributed by atoms with E-state index in [1.165, 1.54) is 30.6 Å². The fourth-order valence-corrected chi connectivity index (χ4v) is 4.83. The standard InChI is InChI=1S/C22H27ClN2O3S.C2H2O4/c1-3-28-22(27)20-19(16-7-9-17(23)10-8-16)15(2)29-21(20)24-18(26)11-14-25-12-5-4-6-13-25;3-1(4)2(5)6/h7-10H,3-6,11-14H2,1-2H3,(H,24,26);(H,3,4)(H,5,6). The number of benzene rings is 1. The number of esters is 1. The van der Waals surface area contributed by atoms with Crippen LogP contribution >= 0.6 is 22.9 Å². The third-order valence-electron chi connectivity index (χ3n) is 5.24. The number of carbonyl (C=O) groups excluding carboxylic acids is 2. The van der Waals surface area contributed by atoms with Crippen LogP contribution in [-0.2, 0) is 19.1 Å². The Kier molecular flexibility index (Phi) is 11.2. The van der Waals surface area contributed by atoms with Crippen molar-refractivity contribution in [2.75, 3.05) is 31.6 Å². The number of hydrogen-bond acceptors (Lipinski definition) is 7. The Hall–Kier alpha value is -2.95. The summed E-state index contributed by atoms with van der Waals surface area (Å²) in [6, 6.07) is 7.34. The number of carboxylic acid groups (broad SMARTS) is 2. The number of aryl methyl sites for hydroxylation is 1. The first-order chi connectivity index (χ1) is 16.6. The molecule has 11 heteroatoms. The van der Waals surface area contributed by atoms with Crippen LogP contribution in [0.15, 0.2) is 24.3 Å². The number of ether oxygens (including phenoxy) is 1. The Balaban J connectivity index is 0.000000641. The molecule has 1 aliphatic heterocycles. The molecular weight excluding hydrogens is 496 g/mol. The Bertz CT molecular complexity index is 1030. The molecule has 2 aromatic rings. The summed E-state index contributed by atoms with van der Waals surface area (Å²) in [4.78, 5) is 46.8. The molecule has 0 atom stereocenters. The Labute approximate surface area is 212 Å². The lowest BCUT2D eigenvalue weighted by Gasteiger charge is -2.25. The molecule has 0 aliphatic carbocycles. The quantitative estimate of drug-likeness (QED) is 0.355. The first kappa shape index (κ1) is 28.3. The van der Waals surface area contributed by atoms with Crippen LogP contribution in [-0.4, -0.2) is 65.2 Å². The third-order valence-corrected chi connectivity index (χ3v) is 6.51. The van der Waals surface area contributed by atoms with Gasteiger partial charge in [0.2, 0.25) is 5.91 Å². The van der Waals surface area contributed by atoms with Crippen LogP contribution in [0.1, 0.15) is 47.8 Å². The minimum absolute atomic E-state index is 0.0787. The number of thiophene rings is 1. The highest BCUT2D eigenvalue weighted by Gasteiger charge is 2.25. The SMILES string of the molecule is CCOC(=O)c1c(NC(=O)CCN2CCCCC2)sc(C)c1-c1ccc(Cl)cc1.O=C(O)C(=O)O. The van der Waals surface area contributed by atoms with Crippen LogP contribution in [0.5, 0.6) is 0 Å². The van der Waals surface area contributed by atoms with E-state index >= 15 is 0 Å². The van der Waals surface area contributed by atoms with Crippen molar-refractivity contribution in [2.45, 2.75) is 39.5 Å². The van der Waals surface area contributed by atoms with E-state index in [9.17, 15) is 9.59 Å². The zero-order chi connectivity index (χ0) is 26.0. The fourth-order valence-electron chi connectivity index (χ4n) is 3.63. The minimum atomic E-state index is -1.82. The van der Waals surface area contributed by atoms with Gasteiger partial charge in [0.15, 0.2) is 0 Å². The number of aliphatic carboxylic acids is 2. The molecule has 2 heterocycles. The van der Waals surface area contributed by atoms with Crippen LogP contribution in [0.4, 0.5) is 5.00 Å². The van der Waals surface area contributed by atoms with Crippen molar-refractivity contribution in [2.24, 2.45) is 0 Å². The van der Waals surface area contributed by atoms with Gasteiger partial charge in [0.1, 0.15) is 10.6 Å². The van der Waals surface area contributed by atoms with E-state index < -0.39 is 17.9 Å². The number of piperidine rings is 1. The maximum atomic E-state index is 12.7. The second kappa shape index (κ2) is 13.8. The van der Waals surface area contributed by atoms with Crippen LogP contribution in [0.25, 0.3) is 11.1 Å². The highest BCUT2D eigenvalue weighted by molar-refractivity contribution is 7.17. The van der Waals surface area contributed by atoms with Crippen LogP contribution < -0.4 is 5.32 Å². The molecule has 1 aliphatic rings. The molecule has 0 spiro atoms. The summed E-state index contributed by atoms with van der Waals surface area (Å²) in [5.74, 6) is -4.15. The Morgan fingerprint density at radius 3 is 2.20 bits per heavy atom. The highest BCUT2D eigenvalue weighted by atomic mass is 35.5. The summed E-state index contributed by atoms with van der Waals surface area (Å²) in [6.07, 6.45) is 4.08. The number of carboxylic acids is 2. The van der Waals surface area contributed by atoms with E-state index in [0.29, 0.717) is 22.0 Å². The number of nitrogens with zero attached hydrogens (tertiary/aromatic N) is 1. The largest absolute Gasteiger partial charge is 0.473 e. The van der Waals surface area contributed by atoms with Crippen molar-refractivity contribution in [1.82, 2.24) is 4.90 Å². The number of nitrogens with one attached hydrogen (secondary N) is 1. The summed E-state index contributed by atoms with van der Waals surface area (Å²) < 4.78 is 5.29. The van der Waals surface area contributed by atoms with Crippen molar-refractivity contribution in [3.8, 4) is 11.1 Å². The molecule has 3 N–H and O–H groups in total. The Morgan fingerprint density at radius 1 is 1.06 bits per heavy atom. The molecule has 0 radical (unpaired) electrons. The molecule has 0 unspecified atom stereocenters. The van der Waals surface area contributed by atoms with Crippen molar-refractivity contribution < 1.29 is 34.1 Å². The number of hydrogen-bond donors (Lipinski definition) is 3. The Morgan fingerprint density at radius 2 is 1.66 bits per heavy atom. The zero-order valence-corrected chi connectivity index (χ0v) is 21.2. The zero-order valence-electron chi connectivity index (χ0n) is 19.6. The summed E-state index contributed by atoms with van der Waals surface area (Å²) in [5.41, 5.74) is 2.08. The maximum Gasteiger partial charge on any atom is 0.414 e. The molecule has 1 aromatic heterocycles. The molecule has 1 fully saturated rings. The molecule has 1 aromatic carbocycles. The molecule has 1 amide bonds. The molecule has 35 heavy (non-hydrogen) atoms. The van der Waals surface area contributed by atoms with Gasteiger partial charge in [-0.3, -0.25) is 4.79 Å². The van der Waals surface area contributed by atoms with Crippen molar-refractivity contribution >= 4 is 51.8 Å². The van der Waals surface area contributed by atoms with Crippen LogP contribution in [0, 0.1) is 6.92 Å². The van der Waals surface area contributed by atoms with Gasteiger partial charge in [-0.15, -0.1) is 11.3 Å². The molecule has 190 valence electrons. The number of anilines is 1. The van der Waals surface area contributed by atoms with Crippen LogP contribution in [0.2, 0.25) is 5.02 Å². The smallest absolute Gasteiger partial charge is 0.414 e. The fraction of sp³-hybridized carbons (Fsp3) is 0.417. The van der Waals surface area contributed by atoms with Crippen molar-refractivity contribution in [1.29, 1.82) is 0 Å². The highest BCUT2D eigenvalue weighted by Crippen LogP contribution is 2.40. The predicted octanol–water partition coefficient (Wildman–Crippen LogP) is 4.52. The summed E-state index contributed by atoms with van der Waals surface area (Å²) in [7, 11) is 0.